The summed E-state index contributed by atoms with van der Waals surface area (Å²) in [6.07, 6.45) is 5.51. The van der Waals surface area contributed by atoms with Crippen LogP contribution in [0.3, 0.4) is 0 Å². The van der Waals surface area contributed by atoms with E-state index in [1.807, 2.05) is 0 Å². The highest BCUT2D eigenvalue weighted by molar-refractivity contribution is 5.31. The minimum atomic E-state index is 0.825. The van der Waals surface area contributed by atoms with Crippen LogP contribution in [-0.4, -0.2) is 13.1 Å². The molecule has 2 aromatic carbocycles. The average molecular weight is 379 g/mol. The Bertz CT molecular complexity index is 702. The fraction of sp³-hybridized carbons (Fsp3) is 0.538. The lowest BCUT2D eigenvalue weighted by molar-refractivity contribution is 0.252. The van der Waals surface area contributed by atoms with E-state index in [0.29, 0.717) is 0 Å². The Labute approximate surface area is 172 Å². The molecule has 0 aromatic heterocycles. The lowest BCUT2D eigenvalue weighted by Crippen LogP contribution is -2.31. The van der Waals surface area contributed by atoms with Crippen molar-refractivity contribution in [1.29, 1.82) is 0 Å². The van der Waals surface area contributed by atoms with Crippen LogP contribution >= 0.6 is 0 Å². The topological polar surface area (TPSA) is 24.1 Å². The summed E-state index contributed by atoms with van der Waals surface area (Å²) in [5, 5.41) is 7.47. The molecule has 0 bridgehead atoms. The van der Waals surface area contributed by atoms with Crippen molar-refractivity contribution in [2.45, 2.75) is 66.5 Å². The fourth-order valence-corrected chi connectivity index (χ4v) is 4.58. The van der Waals surface area contributed by atoms with Crippen molar-refractivity contribution in [1.82, 2.24) is 10.6 Å². The highest BCUT2D eigenvalue weighted by atomic mass is 14.9. The number of benzene rings is 2. The van der Waals surface area contributed by atoms with Crippen LogP contribution in [0.2, 0.25) is 0 Å². The lowest BCUT2D eigenvalue weighted by atomic mass is 9.81. The molecule has 0 radical (unpaired) electrons. The van der Waals surface area contributed by atoms with E-state index in [2.05, 4.69) is 74.7 Å². The summed E-state index contributed by atoms with van der Waals surface area (Å²) in [6, 6.07) is 13.5. The van der Waals surface area contributed by atoms with Gasteiger partial charge in [-0.05, 0) is 94.1 Å². The van der Waals surface area contributed by atoms with Crippen molar-refractivity contribution in [2.24, 2.45) is 11.8 Å². The Morgan fingerprint density at radius 2 is 1.18 bits per heavy atom. The smallest absolute Gasteiger partial charge is 0.0208 e. The Morgan fingerprint density at radius 3 is 1.64 bits per heavy atom. The van der Waals surface area contributed by atoms with Crippen molar-refractivity contribution in [3.05, 3.63) is 69.8 Å². The van der Waals surface area contributed by atoms with E-state index >= 15 is 0 Å². The molecule has 2 aromatic rings. The first-order chi connectivity index (χ1) is 13.5. The van der Waals surface area contributed by atoms with E-state index in [0.717, 1.165) is 38.0 Å². The van der Waals surface area contributed by atoms with Crippen LogP contribution in [0.4, 0.5) is 0 Å². The predicted octanol–water partition coefficient (Wildman–Crippen LogP) is 5.61. The molecule has 1 fully saturated rings. The summed E-state index contributed by atoms with van der Waals surface area (Å²) < 4.78 is 0. The Morgan fingerprint density at radius 1 is 0.714 bits per heavy atom. The van der Waals surface area contributed by atoms with Crippen molar-refractivity contribution in [3.63, 3.8) is 0 Å². The van der Waals surface area contributed by atoms with Gasteiger partial charge in [0, 0.05) is 13.1 Å². The van der Waals surface area contributed by atoms with Gasteiger partial charge in [0.15, 0.2) is 0 Å². The minimum absolute atomic E-state index is 0.825. The van der Waals surface area contributed by atoms with Crippen LogP contribution in [0.1, 0.15) is 59.1 Å². The first kappa shape index (κ1) is 21.1. The molecular formula is C26H38N2. The molecular weight excluding hydrogens is 340 g/mol. The summed E-state index contributed by atoms with van der Waals surface area (Å²) >= 11 is 0. The van der Waals surface area contributed by atoms with Crippen molar-refractivity contribution >= 4 is 0 Å². The minimum Gasteiger partial charge on any atom is -0.312 e. The van der Waals surface area contributed by atoms with Crippen LogP contribution in [0.5, 0.6) is 0 Å². The van der Waals surface area contributed by atoms with Gasteiger partial charge in [0.25, 0.3) is 0 Å². The standard InChI is InChI=1S/C26H38N2/c1-19-8-10-21(3)25(12-19)17-27-15-23-6-5-7-24(14-23)16-28-18-26-13-20(2)9-11-22(26)4/h8-13,23-24,27-28H,5-7,14-18H2,1-4H3. The molecule has 0 spiro atoms. The molecule has 0 heterocycles. The number of rotatable bonds is 8. The largest absolute Gasteiger partial charge is 0.312 e. The third-order valence-corrected chi connectivity index (χ3v) is 6.40. The normalized spacial score (nSPS) is 19.7. The van der Waals surface area contributed by atoms with Crippen molar-refractivity contribution in [2.75, 3.05) is 13.1 Å². The molecule has 0 aliphatic heterocycles. The maximum Gasteiger partial charge on any atom is 0.0208 e. The first-order valence-electron chi connectivity index (χ1n) is 11.0. The molecule has 152 valence electrons. The van der Waals surface area contributed by atoms with E-state index in [4.69, 9.17) is 0 Å². The summed E-state index contributed by atoms with van der Waals surface area (Å²) in [7, 11) is 0. The summed E-state index contributed by atoms with van der Waals surface area (Å²) in [5.41, 5.74) is 8.40. The Hall–Kier alpha value is -1.64. The van der Waals surface area contributed by atoms with Gasteiger partial charge in [-0.3, -0.25) is 0 Å². The molecule has 1 saturated carbocycles. The van der Waals surface area contributed by atoms with Gasteiger partial charge in [0.2, 0.25) is 0 Å². The van der Waals surface area contributed by atoms with Gasteiger partial charge < -0.3 is 10.6 Å². The van der Waals surface area contributed by atoms with Crippen molar-refractivity contribution < 1.29 is 0 Å². The summed E-state index contributed by atoms with van der Waals surface area (Å²) in [5.74, 6) is 1.65. The van der Waals surface area contributed by atoms with Gasteiger partial charge in [-0.15, -0.1) is 0 Å². The van der Waals surface area contributed by atoms with Gasteiger partial charge in [0.1, 0.15) is 0 Å². The highest BCUT2D eigenvalue weighted by Crippen LogP contribution is 2.28. The number of hydrogen-bond acceptors (Lipinski definition) is 2. The van der Waals surface area contributed by atoms with Gasteiger partial charge in [-0.25, -0.2) is 0 Å². The molecule has 2 nitrogen and oxygen atoms in total. The van der Waals surface area contributed by atoms with Crippen LogP contribution in [0.15, 0.2) is 36.4 Å². The molecule has 1 aliphatic carbocycles. The van der Waals surface area contributed by atoms with Crippen molar-refractivity contribution in [3.8, 4) is 0 Å². The molecule has 2 heteroatoms. The maximum absolute atomic E-state index is 3.74. The molecule has 1 aliphatic rings. The third kappa shape index (κ3) is 6.18. The number of aryl methyl sites for hydroxylation is 4. The van der Waals surface area contributed by atoms with Crippen LogP contribution in [-0.2, 0) is 13.1 Å². The zero-order chi connectivity index (χ0) is 19.9. The van der Waals surface area contributed by atoms with Crippen LogP contribution in [0, 0.1) is 39.5 Å². The Kier molecular flexibility index (Phi) is 7.70. The predicted molar refractivity (Wildman–Crippen MR) is 121 cm³/mol. The second kappa shape index (κ2) is 10.2. The summed E-state index contributed by atoms with van der Waals surface area (Å²) in [4.78, 5) is 0. The quantitative estimate of drug-likeness (QED) is 0.624. The molecule has 2 unspecified atom stereocenters. The van der Waals surface area contributed by atoms with Gasteiger partial charge in [0.05, 0.1) is 0 Å². The highest BCUT2D eigenvalue weighted by Gasteiger charge is 2.21. The van der Waals surface area contributed by atoms with E-state index in [-0.39, 0.29) is 0 Å². The molecule has 0 amide bonds. The van der Waals surface area contributed by atoms with Crippen LogP contribution < -0.4 is 10.6 Å². The van der Waals surface area contributed by atoms with E-state index in [9.17, 15) is 0 Å². The second-order valence-corrected chi connectivity index (χ2v) is 9.02. The number of nitrogens with one attached hydrogen (secondary N) is 2. The summed E-state index contributed by atoms with van der Waals surface area (Å²) in [6.45, 7) is 13.1. The third-order valence-electron chi connectivity index (χ3n) is 6.40. The second-order valence-electron chi connectivity index (χ2n) is 9.02. The zero-order valence-electron chi connectivity index (χ0n) is 18.3. The average Bonchev–Trinajstić information content (AvgIpc) is 2.68. The molecule has 3 rings (SSSR count). The molecule has 2 N–H and O–H groups in total. The van der Waals surface area contributed by atoms with Gasteiger partial charge in [-0.2, -0.15) is 0 Å². The van der Waals surface area contributed by atoms with E-state index in [1.54, 1.807) is 0 Å². The van der Waals surface area contributed by atoms with Crippen LogP contribution in [0.25, 0.3) is 0 Å². The molecule has 2 atom stereocenters. The zero-order valence-corrected chi connectivity index (χ0v) is 18.3. The number of hydrogen-bond donors (Lipinski definition) is 2. The lowest BCUT2D eigenvalue weighted by Gasteiger charge is -2.29. The monoisotopic (exact) mass is 378 g/mol. The molecule has 28 heavy (non-hydrogen) atoms. The SMILES string of the molecule is Cc1ccc(C)c(CNCC2CCCC(CNCc3cc(C)ccc3C)C2)c1. The molecule has 0 saturated heterocycles. The van der Waals surface area contributed by atoms with E-state index < -0.39 is 0 Å². The van der Waals surface area contributed by atoms with E-state index in [1.165, 1.54) is 59.1 Å². The first-order valence-corrected chi connectivity index (χ1v) is 11.0. The fourth-order valence-electron chi connectivity index (χ4n) is 4.58. The van der Waals surface area contributed by atoms with Gasteiger partial charge >= 0.3 is 0 Å². The Balaban J connectivity index is 1.40. The van der Waals surface area contributed by atoms with Gasteiger partial charge in [-0.1, -0.05) is 53.9 Å². The maximum atomic E-state index is 3.74.